The van der Waals surface area contributed by atoms with Gasteiger partial charge in [0.2, 0.25) is 0 Å². The summed E-state index contributed by atoms with van der Waals surface area (Å²) >= 11 is 0. The van der Waals surface area contributed by atoms with E-state index in [2.05, 4.69) is 16.4 Å². The van der Waals surface area contributed by atoms with Crippen molar-refractivity contribution in [3.63, 3.8) is 0 Å². The third kappa shape index (κ3) is 1.61. The highest BCUT2D eigenvalue weighted by atomic mass is 16.5. The van der Waals surface area contributed by atoms with Crippen LogP contribution in [0.4, 0.5) is 0 Å². The first-order chi connectivity index (χ1) is 6.61. The second-order valence-electron chi connectivity index (χ2n) is 2.81. The summed E-state index contributed by atoms with van der Waals surface area (Å²) in [5.41, 5.74) is 0.347. The molecule has 0 aliphatic carbocycles. The molecule has 0 spiro atoms. The maximum atomic E-state index is 11.3. The number of H-pyrrole nitrogens is 1. The minimum Gasteiger partial charge on any atom is -0.464 e. The smallest absolute Gasteiger partial charge is 0.356 e. The van der Waals surface area contributed by atoms with E-state index < -0.39 is 5.97 Å². The molecule has 1 heterocycles. The van der Waals surface area contributed by atoms with Crippen LogP contribution in [0.3, 0.4) is 0 Å². The predicted octanol–water partition coefficient (Wildman–Crippen LogP) is 0.228. The number of carbonyl (C=O) groups is 1. The molecule has 1 rings (SSSR count). The number of esters is 1. The lowest BCUT2D eigenvalue weighted by molar-refractivity contribution is 0.0587. The minimum absolute atomic E-state index is 0.248. The molecule has 14 heavy (non-hydrogen) atoms. The highest BCUT2D eigenvalue weighted by molar-refractivity contribution is 5.89. The van der Waals surface area contributed by atoms with Crippen molar-refractivity contribution in [3.8, 4) is 0 Å². The standard InChI is InChI=1S/C9H12N2O3/c1-4-5-6-7(9(13)14-3)11(2)10-8(6)12/h4H,1,5H2,2-3H3,(H,10,12). The van der Waals surface area contributed by atoms with Gasteiger partial charge in [-0.15, -0.1) is 6.58 Å². The van der Waals surface area contributed by atoms with Gasteiger partial charge in [0.15, 0.2) is 5.69 Å². The molecule has 5 nitrogen and oxygen atoms in total. The summed E-state index contributed by atoms with van der Waals surface area (Å²) < 4.78 is 5.92. The van der Waals surface area contributed by atoms with Crippen LogP contribution >= 0.6 is 0 Å². The number of hydrogen-bond acceptors (Lipinski definition) is 3. The molecule has 1 aromatic rings. The Bertz CT molecular complexity index is 414. The number of aryl methyl sites for hydroxylation is 1. The molecule has 0 saturated heterocycles. The Kier molecular flexibility index (Phi) is 2.91. The van der Waals surface area contributed by atoms with E-state index in [9.17, 15) is 9.59 Å². The van der Waals surface area contributed by atoms with E-state index in [0.29, 0.717) is 12.0 Å². The molecule has 0 radical (unpaired) electrons. The number of nitrogens with zero attached hydrogens (tertiary/aromatic N) is 1. The fourth-order valence-corrected chi connectivity index (χ4v) is 1.28. The maximum Gasteiger partial charge on any atom is 0.356 e. The third-order valence-electron chi connectivity index (χ3n) is 1.89. The van der Waals surface area contributed by atoms with E-state index in [1.54, 1.807) is 13.1 Å². The molecule has 0 saturated carbocycles. The molecular formula is C9H12N2O3. The van der Waals surface area contributed by atoms with Crippen molar-refractivity contribution in [1.82, 2.24) is 9.78 Å². The van der Waals surface area contributed by atoms with Crippen molar-refractivity contribution in [1.29, 1.82) is 0 Å². The minimum atomic E-state index is -0.525. The first-order valence-electron chi connectivity index (χ1n) is 4.09. The molecule has 0 aromatic carbocycles. The monoisotopic (exact) mass is 196 g/mol. The van der Waals surface area contributed by atoms with Gasteiger partial charge < -0.3 is 4.74 Å². The van der Waals surface area contributed by atoms with E-state index in [1.807, 2.05) is 0 Å². The van der Waals surface area contributed by atoms with Crippen LogP contribution in [0.1, 0.15) is 16.1 Å². The number of rotatable bonds is 3. The number of aromatic nitrogens is 2. The molecule has 1 aromatic heterocycles. The van der Waals surface area contributed by atoms with E-state index in [1.165, 1.54) is 11.8 Å². The van der Waals surface area contributed by atoms with Crippen LogP contribution in [0, 0.1) is 0 Å². The Hall–Kier alpha value is -1.78. The first-order valence-corrected chi connectivity index (χ1v) is 4.09. The van der Waals surface area contributed by atoms with Gasteiger partial charge in [0.05, 0.1) is 12.7 Å². The molecule has 5 heteroatoms. The lowest BCUT2D eigenvalue weighted by Gasteiger charge is -2.01. The highest BCUT2D eigenvalue weighted by Crippen LogP contribution is 2.05. The van der Waals surface area contributed by atoms with Gasteiger partial charge in [-0.3, -0.25) is 14.6 Å². The molecule has 0 amide bonds. The number of allylic oxidation sites excluding steroid dienone is 1. The average molecular weight is 196 g/mol. The van der Waals surface area contributed by atoms with Crippen LogP contribution in [0.2, 0.25) is 0 Å². The summed E-state index contributed by atoms with van der Waals surface area (Å²) in [4.78, 5) is 22.6. The fraction of sp³-hybridized carbons (Fsp3) is 0.333. The summed E-state index contributed by atoms with van der Waals surface area (Å²) in [7, 11) is 2.86. The van der Waals surface area contributed by atoms with Gasteiger partial charge in [-0.1, -0.05) is 6.08 Å². The molecule has 1 N–H and O–H groups in total. The molecule has 0 unspecified atom stereocenters. The number of ether oxygens (including phenoxy) is 1. The van der Waals surface area contributed by atoms with Crippen LogP contribution in [0.15, 0.2) is 17.4 Å². The first kappa shape index (κ1) is 10.3. The summed E-state index contributed by atoms with van der Waals surface area (Å²) in [6.45, 7) is 3.52. The van der Waals surface area contributed by atoms with Gasteiger partial charge in [-0.05, 0) is 6.42 Å². The third-order valence-corrected chi connectivity index (χ3v) is 1.89. The van der Waals surface area contributed by atoms with E-state index in [-0.39, 0.29) is 11.3 Å². The van der Waals surface area contributed by atoms with Crippen molar-refractivity contribution in [3.05, 3.63) is 34.3 Å². The zero-order valence-corrected chi connectivity index (χ0v) is 8.16. The fourth-order valence-electron chi connectivity index (χ4n) is 1.28. The van der Waals surface area contributed by atoms with Crippen LogP contribution in [0.25, 0.3) is 0 Å². The summed E-state index contributed by atoms with van der Waals surface area (Å²) in [6.07, 6.45) is 1.91. The number of carbonyl (C=O) groups excluding carboxylic acids is 1. The molecule has 76 valence electrons. The highest BCUT2D eigenvalue weighted by Gasteiger charge is 2.18. The van der Waals surface area contributed by atoms with Crippen molar-refractivity contribution >= 4 is 5.97 Å². The lowest BCUT2D eigenvalue weighted by Crippen LogP contribution is -2.11. The predicted molar refractivity (Wildman–Crippen MR) is 51.3 cm³/mol. The van der Waals surface area contributed by atoms with Crippen LogP contribution in [-0.2, 0) is 18.2 Å². The van der Waals surface area contributed by atoms with Crippen molar-refractivity contribution in [2.24, 2.45) is 7.05 Å². The average Bonchev–Trinajstić information content (AvgIpc) is 2.42. The van der Waals surface area contributed by atoms with Gasteiger partial charge >= 0.3 is 5.97 Å². The molecular weight excluding hydrogens is 184 g/mol. The molecule has 0 fully saturated rings. The molecule has 0 aliphatic rings. The largest absolute Gasteiger partial charge is 0.464 e. The van der Waals surface area contributed by atoms with Gasteiger partial charge in [0.25, 0.3) is 5.56 Å². The zero-order valence-electron chi connectivity index (χ0n) is 8.16. The number of hydrogen-bond donors (Lipinski definition) is 1. The van der Waals surface area contributed by atoms with Crippen LogP contribution in [-0.4, -0.2) is 22.9 Å². The summed E-state index contributed by atoms with van der Waals surface area (Å²) in [6, 6.07) is 0. The summed E-state index contributed by atoms with van der Waals surface area (Å²) in [5.74, 6) is -0.525. The number of nitrogens with one attached hydrogen (secondary N) is 1. The van der Waals surface area contributed by atoms with E-state index in [4.69, 9.17) is 0 Å². The molecule has 0 bridgehead atoms. The van der Waals surface area contributed by atoms with Gasteiger partial charge in [-0.25, -0.2) is 4.79 Å². The van der Waals surface area contributed by atoms with Crippen molar-refractivity contribution in [2.45, 2.75) is 6.42 Å². The second-order valence-corrected chi connectivity index (χ2v) is 2.81. The van der Waals surface area contributed by atoms with Crippen LogP contribution in [0.5, 0.6) is 0 Å². The number of methoxy groups -OCH3 is 1. The SMILES string of the molecule is C=CCc1c(C(=O)OC)n(C)[nH]c1=O. The Labute approximate surface area is 81.0 Å². The maximum absolute atomic E-state index is 11.3. The molecule has 0 aliphatic heterocycles. The van der Waals surface area contributed by atoms with Crippen LogP contribution < -0.4 is 5.56 Å². The van der Waals surface area contributed by atoms with Gasteiger partial charge in [0.1, 0.15) is 0 Å². The summed E-state index contributed by atoms with van der Waals surface area (Å²) in [5, 5.41) is 2.49. The van der Waals surface area contributed by atoms with E-state index >= 15 is 0 Å². The van der Waals surface area contributed by atoms with Crippen molar-refractivity contribution in [2.75, 3.05) is 7.11 Å². The Balaban J connectivity index is 3.31. The van der Waals surface area contributed by atoms with E-state index in [0.717, 1.165) is 0 Å². The Morgan fingerprint density at radius 3 is 2.86 bits per heavy atom. The van der Waals surface area contributed by atoms with Crippen molar-refractivity contribution < 1.29 is 9.53 Å². The van der Waals surface area contributed by atoms with Gasteiger partial charge in [0, 0.05) is 7.05 Å². The normalized spacial score (nSPS) is 9.86. The number of aromatic amines is 1. The Morgan fingerprint density at radius 2 is 2.36 bits per heavy atom. The quantitative estimate of drug-likeness (QED) is 0.556. The lowest BCUT2D eigenvalue weighted by atomic mass is 10.2. The second kappa shape index (κ2) is 3.95. The zero-order chi connectivity index (χ0) is 10.7. The molecule has 0 atom stereocenters. The topological polar surface area (TPSA) is 64.1 Å². The Morgan fingerprint density at radius 1 is 1.71 bits per heavy atom. The van der Waals surface area contributed by atoms with Gasteiger partial charge in [-0.2, -0.15) is 0 Å².